The first-order valence-electron chi connectivity index (χ1n) is 3.45. The minimum absolute atomic E-state index is 0.0854. The van der Waals surface area contributed by atoms with Crippen LogP contribution in [0, 0.1) is 0 Å². The van der Waals surface area contributed by atoms with Crippen LogP contribution in [0.25, 0.3) is 0 Å². The summed E-state index contributed by atoms with van der Waals surface area (Å²) in [6, 6.07) is 0. The second-order valence-electron chi connectivity index (χ2n) is 2.65. The van der Waals surface area contributed by atoms with E-state index < -0.39 is 23.3 Å². The fourth-order valence-electron chi connectivity index (χ4n) is 0.979. The van der Waals surface area contributed by atoms with Gasteiger partial charge in [0.2, 0.25) is 0 Å². The Morgan fingerprint density at radius 1 is 1.00 bits per heavy atom. The normalized spacial score (nSPS) is 46.9. The molecule has 4 N–H and O–H groups in total. The molecule has 1 fully saturated rings. The molecule has 4 nitrogen and oxygen atoms in total. The minimum atomic E-state index is -1.09. The van der Waals surface area contributed by atoms with E-state index in [2.05, 4.69) is 0 Å². The van der Waals surface area contributed by atoms with Gasteiger partial charge in [-0.2, -0.15) is 0 Å². The summed E-state index contributed by atoms with van der Waals surface area (Å²) >= 11 is -0.0854. The summed E-state index contributed by atoms with van der Waals surface area (Å²) in [5.41, 5.74) is 0. The Morgan fingerprint density at radius 2 is 1.64 bits per heavy atom. The number of rotatable bonds is 0. The van der Waals surface area contributed by atoms with Crippen LogP contribution < -0.4 is 0 Å². The van der Waals surface area contributed by atoms with Gasteiger partial charge >= 0.3 is 70.4 Å². The molecule has 0 spiro atoms. The third-order valence-electron chi connectivity index (χ3n) is 1.69. The van der Waals surface area contributed by atoms with Crippen molar-refractivity contribution in [3.63, 3.8) is 0 Å². The summed E-state index contributed by atoms with van der Waals surface area (Å²) in [6.45, 7) is 0. The van der Waals surface area contributed by atoms with Crippen LogP contribution in [0.3, 0.4) is 0 Å². The molecule has 1 rings (SSSR count). The van der Waals surface area contributed by atoms with E-state index in [1.807, 2.05) is 0 Å². The fraction of sp³-hybridized carbons (Fsp3) is 1.00. The van der Waals surface area contributed by atoms with Crippen molar-refractivity contribution in [1.29, 1.82) is 0 Å². The van der Waals surface area contributed by atoms with Crippen LogP contribution in [0.2, 0.25) is 5.32 Å². The number of aliphatic hydroxyl groups is 4. The third kappa shape index (κ3) is 2.40. The maximum absolute atomic E-state index is 9.14. The van der Waals surface area contributed by atoms with Crippen LogP contribution in [-0.2, 0) is 0 Å². The molecule has 0 amide bonds. The predicted octanol–water partition coefficient (Wildman–Crippen LogP) is -2.09. The van der Waals surface area contributed by atoms with Gasteiger partial charge in [0, 0.05) is 0 Å². The first-order chi connectivity index (χ1) is 5.11. The van der Waals surface area contributed by atoms with Gasteiger partial charge < -0.3 is 0 Å². The Kier molecular flexibility index (Phi) is 3.30. The average molecular weight is 227 g/mol. The molecule has 0 aliphatic carbocycles. The summed E-state index contributed by atoms with van der Waals surface area (Å²) in [6.07, 6.45) is -2.77. The molecule has 5 heteroatoms. The summed E-state index contributed by atoms with van der Waals surface area (Å²) in [5, 5.41) is 36.4. The Morgan fingerprint density at radius 3 is 2.27 bits per heavy atom. The molecule has 4 unspecified atom stereocenters. The number of aliphatic hydroxyl groups excluding tert-OH is 4. The first-order valence-corrected chi connectivity index (χ1v) is 5.65. The van der Waals surface area contributed by atoms with Gasteiger partial charge in [-0.15, -0.1) is 0 Å². The molecular formula is C6H12O4Se. The van der Waals surface area contributed by atoms with Gasteiger partial charge in [-0.25, -0.2) is 0 Å². The summed E-state index contributed by atoms with van der Waals surface area (Å²) in [5.74, 6) is 0. The zero-order chi connectivity index (χ0) is 8.43. The van der Waals surface area contributed by atoms with Crippen LogP contribution in [0.15, 0.2) is 0 Å². The Bertz CT molecular complexity index is 132. The van der Waals surface area contributed by atoms with E-state index in [1.54, 1.807) is 0 Å². The Balaban J connectivity index is 2.53. The van der Waals surface area contributed by atoms with Gasteiger partial charge in [0.05, 0.1) is 0 Å². The van der Waals surface area contributed by atoms with E-state index in [-0.39, 0.29) is 21.4 Å². The van der Waals surface area contributed by atoms with E-state index in [0.29, 0.717) is 5.32 Å². The average Bonchev–Trinajstić information content (AvgIpc) is 2.05. The molecule has 1 aliphatic rings. The van der Waals surface area contributed by atoms with Crippen LogP contribution in [0.5, 0.6) is 0 Å². The number of hydrogen-bond donors (Lipinski definition) is 4. The SMILES string of the molecule is OC1CC(O)C(O)C(O)C[Se]1. The molecule has 0 bridgehead atoms. The van der Waals surface area contributed by atoms with Crippen molar-refractivity contribution >= 4 is 15.0 Å². The first kappa shape index (κ1) is 9.45. The van der Waals surface area contributed by atoms with E-state index in [4.69, 9.17) is 20.4 Å². The van der Waals surface area contributed by atoms with E-state index in [0.717, 1.165) is 0 Å². The molecule has 1 heterocycles. The van der Waals surface area contributed by atoms with Gasteiger partial charge in [-0.05, 0) is 0 Å². The second kappa shape index (κ2) is 3.85. The van der Waals surface area contributed by atoms with E-state index >= 15 is 0 Å². The molecule has 1 saturated heterocycles. The molecule has 0 saturated carbocycles. The van der Waals surface area contributed by atoms with Crippen molar-refractivity contribution in [1.82, 2.24) is 0 Å². The zero-order valence-electron chi connectivity index (χ0n) is 5.92. The molecule has 0 aromatic rings. The molecule has 0 aromatic carbocycles. The van der Waals surface area contributed by atoms with Crippen molar-refractivity contribution in [2.75, 3.05) is 0 Å². The van der Waals surface area contributed by atoms with E-state index in [9.17, 15) is 0 Å². The molecule has 4 atom stereocenters. The molecule has 0 radical (unpaired) electrons. The molecule has 0 aromatic heterocycles. The molecule has 1 aliphatic heterocycles. The third-order valence-corrected chi connectivity index (χ3v) is 4.02. The van der Waals surface area contributed by atoms with E-state index in [1.165, 1.54) is 0 Å². The Hall–Kier alpha value is 0.359. The molecule has 66 valence electrons. The Labute approximate surface area is 71.0 Å². The molecular weight excluding hydrogens is 215 g/mol. The summed E-state index contributed by atoms with van der Waals surface area (Å²) < 4.78 is 0. The van der Waals surface area contributed by atoms with Crippen LogP contribution in [-0.4, -0.2) is 58.7 Å². The van der Waals surface area contributed by atoms with Crippen LogP contribution in [0.1, 0.15) is 6.42 Å². The molecule has 11 heavy (non-hydrogen) atoms. The van der Waals surface area contributed by atoms with Gasteiger partial charge in [-0.3, -0.25) is 0 Å². The van der Waals surface area contributed by atoms with Gasteiger partial charge in [0.15, 0.2) is 0 Å². The van der Waals surface area contributed by atoms with Gasteiger partial charge in [0.25, 0.3) is 0 Å². The number of hydrogen-bond acceptors (Lipinski definition) is 4. The summed E-state index contributed by atoms with van der Waals surface area (Å²) in [7, 11) is 0. The van der Waals surface area contributed by atoms with Crippen molar-refractivity contribution < 1.29 is 20.4 Å². The van der Waals surface area contributed by atoms with Crippen molar-refractivity contribution in [2.45, 2.75) is 35.1 Å². The van der Waals surface area contributed by atoms with Gasteiger partial charge in [-0.1, -0.05) is 0 Å². The second-order valence-corrected chi connectivity index (χ2v) is 5.19. The van der Waals surface area contributed by atoms with Crippen molar-refractivity contribution in [3.05, 3.63) is 0 Å². The quantitative estimate of drug-likeness (QED) is 0.358. The predicted molar refractivity (Wildman–Crippen MR) is 39.2 cm³/mol. The summed E-state index contributed by atoms with van der Waals surface area (Å²) in [4.78, 5) is 0. The topological polar surface area (TPSA) is 80.9 Å². The van der Waals surface area contributed by atoms with Crippen molar-refractivity contribution in [2.24, 2.45) is 0 Å². The van der Waals surface area contributed by atoms with Gasteiger partial charge in [0.1, 0.15) is 0 Å². The van der Waals surface area contributed by atoms with Crippen LogP contribution >= 0.6 is 0 Å². The standard InChI is InChI=1S/C6H12O4Se/c7-3-1-5(9)11-2-4(8)6(3)10/h3-10H,1-2H2. The van der Waals surface area contributed by atoms with Crippen LogP contribution in [0.4, 0.5) is 0 Å². The fourth-order valence-corrected chi connectivity index (χ4v) is 2.97. The monoisotopic (exact) mass is 228 g/mol. The van der Waals surface area contributed by atoms with Crippen molar-refractivity contribution in [3.8, 4) is 0 Å². The zero-order valence-corrected chi connectivity index (χ0v) is 7.63. The maximum atomic E-state index is 9.14.